The SMILES string of the molecule is CCC(C)(C)C(=O)c1cc(C(=O)c2ccc(C(=O)O)c(C(=O)NB(NC(C)(C)C)C(=O)O)c2)ccc1C(=O)O. The van der Waals surface area contributed by atoms with E-state index in [-0.39, 0.29) is 22.3 Å². The second kappa shape index (κ2) is 11.6. The Morgan fingerprint density at radius 2 is 1.21 bits per heavy atom. The highest BCUT2D eigenvalue weighted by Crippen LogP contribution is 2.29. The number of amides is 1. The number of benzene rings is 2. The molecule has 0 bridgehead atoms. The number of carbonyl (C=O) groups is 6. The summed E-state index contributed by atoms with van der Waals surface area (Å²) in [5, 5.41) is 33.6. The van der Waals surface area contributed by atoms with Crippen molar-refractivity contribution in [1.29, 1.82) is 0 Å². The molecule has 0 atom stereocenters. The standard InChI is InChI=1S/C27H31BN2O9/c1-7-27(5,6)21(32)18-12-14(8-10-16(18)23(34)35)20(31)15-9-11-17(24(36)37)19(13-15)22(33)29-28(25(38)39)30-26(2,3)4/h8-13,30H,7H2,1-6H3,(H,29,33)(H,34,35)(H,36,37)(H,38,39). The number of carbonyl (C=O) groups excluding carboxylic acids is 3. The fourth-order valence-electron chi connectivity index (χ4n) is 3.61. The molecule has 0 saturated carbocycles. The topological polar surface area (TPSA) is 187 Å². The van der Waals surface area contributed by atoms with Crippen molar-refractivity contribution in [1.82, 2.24) is 10.5 Å². The minimum absolute atomic E-state index is 0.0532. The molecule has 0 heterocycles. The van der Waals surface area contributed by atoms with Crippen LogP contribution < -0.4 is 10.5 Å². The van der Waals surface area contributed by atoms with Crippen LogP contribution in [0.1, 0.15) is 105 Å². The molecular formula is C27H31BN2O9. The predicted octanol–water partition coefficient (Wildman–Crippen LogP) is 3.80. The van der Waals surface area contributed by atoms with Crippen LogP contribution in [0.25, 0.3) is 0 Å². The lowest BCUT2D eigenvalue weighted by atomic mass is 9.73. The van der Waals surface area contributed by atoms with Crippen LogP contribution in [-0.4, -0.2) is 63.1 Å². The van der Waals surface area contributed by atoms with Gasteiger partial charge in [0.15, 0.2) is 11.6 Å². The highest BCUT2D eigenvalue weighted by atomic mass is 16.4. The van der Waals surface area contributed by atoms with E-state index in [1.165, 1.54) is 18.2 Å². The van der Waals surface area contributed by atoms with Crippen molar-refractivity contribution >= 4 is 42.3 Å². The van der Waals surface area contributed by atoms with Crippen LogP contribution in [0.3, 0.4) is 0 Å². The molecule has 5 N–H and O–H groups in total. The van der Waals surface area contributed by atoms with E-state index in [0.717, 1.165) is 18.2 Å². The Balaban J connectivity index is 2.58. The number of nitrogens with one attached hydrogen (secondary N) is 2. The van der Waals surface area contributed by atoms with E-state index in [1.807, 2.05) is 0 Å². The Hall–Kier alpha value is -4.32. The monoisotopic (exact) mass is 538 g/mol. The van der Waals surface area contributed by atoms with Crippen molar-refractivity contribution in [2.24, 2.45) is 5.41 Å². The molecule has 206 valence electrons. The molecule has 0 fully saturated rings. The molecule has 11 nitrogen and oxygen atoms in total. The zero-order valence-electron chi connectivity index (χ0n) is 22.5. The molecular weight excluding hydrogens is 507 g/mol. The first-order valence-electron chi connectivity index (χ1n) is 12.0. The fraction of sp³-hybridized carbons (Fsp3) is 0.333. The van der Waals surface area contributed by atoms with E-state index in [9.17, 15) is 44.1 Å². The van der Waals surface area contributed by atoms with E-state index in [2.05, 4.69) is 10.5 Å². The molecule has 2 aromatic carbocycles. The summed E-state index contributed by atoms with van der Waals surface area (Å²) < 4.78 is 0. The smallest absolute Gasteiger partial charge is 0.471 e. The molecule has 1 amide bonds. The van der Waals surface area contributed by atoms with E-state index in [0.29, 0.717) is 6.42 Å². The largest absolute Gasteiger partial charge is 0.486 e. The third-order valence-corrected chi connectivity index (χ3v) is 6.11. The Morgan fingerprint density at radius 3 is 1.62 bits per heavy atom. The Kier molecular flexibility index (Phi) is 9.20. The van der Waals surface area contributed by atoms with Crippen molar-refractivity contribution < 1.29 is 44.1 Å². The maximum atomic E-state index is 13.4. The van der Waals surface area contributed by atoms with Crippen molar-refractivity contribution in [3.05, 3.63) is 69.8 Å². The Morgan fingerprint density at radius 1 is 0.744 bits per heavy atom. The Bertz CT molecular complexity index is 1360. The summed E-state index contributed by atoms with van der Waals surface area (Å²) in [6.45, 7) is 8.55. The lowest BCUT2D eigenvalue weighted by Gasteiger charge is -2.24. The second-order valence-corrected chi connectivity index (χ2v) is 10.7. The minimum Gasteiger partial charge on any atom is -0.486 e. The zero-order valence-corrected chi connectivity index (χ0v) is 22.5. The lowest BCUT2D eigenvalue weighted by Crippen LogP contribution is -2.61. The van der Waals surface area contributed by atoms with Crippen LogP contribution in [0, 0.1) is 5.41 Å². The zero-order chi connectivity index (χ0) is 29.9. The van der Waals surface area contributed by atoms with Gasteiger partial charge in [-0.3, -0.25) is 19.2 Å². The number of Topliss-reactive ketones (excluding diaryl/α,β-unsaturated/α-hetero) is 1. The quantitative estimate of drug-likeness (QED) is 0.208. The first-order valence-corrected chi connectivity index (χ1v) is 12.0. The lowest BCUT2D eigenvalue weighted by molar-refractivity contribution is 0.0680. The van der Waals surface area contributed by atoms with E-state index in [4.69, 9.17) is 0 Å². The highest BCUT2D eigenvalue weighted by Gasteiger charge is 2.34. The number of carboxylic acids is 2. The van der Waals surface area contributed by atoms with Crippen LogP contribution in [-0.2, 0) is 0 Å². The summed E-state index contributed by atoms with van der Waals surface area (Å²) in [6.07, 6.45) is 0.416. The summed E-state index contributed by atoms with van der Waals surface area (Å²) in [5.41, 5.74) is -3.15. The molecule has 0 saturated heterocycles. The van der Waals surface area contributed by atoms with Crippen LogP contribution in [0.15, 0.2) is 36.4 Å². The van der Waals surface area contributed by atoms with Crippen LogP contribution in [0.2, 0.25) is 0 Å². The third-order valence-electron chi connectivity index (χ3n) is 6.11. The number of carboxylic acid groups (broad SMARTS) is 3. The molecule has 0 unspecified atom stereocenters. The first-order chi connectivity index (χ1) is 17.9. The molecule has 2 rings (SSSR count). The summed E-state index contributed by atoms with van der Waals surface area (Å²) in [4.78, 5) is 74.6. The fourth-order valence-corrected chi connectivity index (χ4v) is 3.61. The van der Waals surface area contributed by atoms with E-state index < -0.39 is 64.3 Å². The number of aromatic carboxylic acids is 2. The average Bonchev–Trinajstić information content (AvgIpc) is 2.85. The molecule has 0 aromatic heterocycles. The van der Waals surface area contributed by atoms with Crippen LogP contribution in [0.4, 0.5) is 4.79 Å². The van der Waals surface area contributed by atoms with Gasteiger partial charge >= 0.3 is 18.9 Å². The van der Waals surface area contributed by atoms with Crippen molar-refractivity contribution in [2.45, 2.75) is 53.5 Å². The minimum atomic E-state index is -1.56. The van der Waals surface area contributed by atoms with Gasteiger partial charge in [0.2, 0.25) is 5.91 Å². The number of ketones is 2. The van der Waals surface area contributed by atoms with Gasteiger partial charge in [0.1, 0.15) is 0 Å². The van der Waals surface area contributed by atoms with Gasteiger partial charge in [0, 0.05) is 27.6 Å². The van der Waals surface area contributed by atoms with Gasteiger partial charge in [-0.1, -0.05) is 32.9 Å². The van der Waals surface area contributed by atoms with Gasteiger partial charge in [-0.05, 0) is 51.5 Å². The highest BCUT2D eigenvalue weighted by molar-refractivity contribution is 6.86. The van der Waals surface area contributed by atoms with Gasteiger partial charge in [-0.25, -0.2) is 9.59 Å². The van der Waals surface area contributed by atoms with E-state index in [1.54, 1.807) is 41.5 Å². The molecule has 39 heavy (non-hydrogen) atoms. The van der Waals surface area contributed by atoms with Gasteiger partial charge in [-0.15, -0.1) is 0 Å². The average molecular weight is 538 g/mol. The summed E-state index contributed by atoms with van der Waals surface area (Å²) in [5.74, 6) is -6.45. The molecule has 0 aliphatic carbocycles. The van der Waals surface area contributed by atoms with Gasteiger partial charge in [0.25, 0.3) is 5.87 Å². The molecule has 2 aromatic rings. The molecule has 0 radical (unpaired) electrons. The number of hydrogen-bond acceptors (Lipinski definition) is 7. The van der Waals surface area contributed by atoms with Crippen LogP contribution in [0.5, 0.6) is 0 Å². The van der Waals surface area contributed by atoms with Crippen molar-refractivity contribution in [3.8, 4) is 0 Å². The summed E-state index contributed by atoms with van der Waals surface area (Å²) >= 11 is 0. The third kappa shape index (κ3) is 7.38. The number of hydrogen-bond donors (Lipinski definition) is 5. The molecule has 12 heteroatoms. The first kappa shape index (κ1) is 30.9. The normalized spacial score (nSPS) is 11.4. The second-order valence-electron chi connectivity index (χ2n) is 10.7. The van der Waals surface area contributed by atoms with Gasteiger partial charge < -0.3 is 25.8 Å². The Labute approximate surface area is 225 Å². The van der Waals surface area contributed by atoms with Gasteiger partial charge in [-0.2, -0.15) is 0 Å². The summed E-state index contributed by atoms with van der Waals surface area (Å²) in [6, 6.07) is 6.76. The maximum Gasteiger partial charge on any atom is 0.471 e. The van der Waals surface area contributed by atoms with Crippen molar-refractivity contribution in [3.63, 3.8) is 0 Å². The maximum absolute atomic E-state index is 13.4. The van der Waals surface area contributed by atoms with Gasteiger partial charge in [0.05, 0.1) is 16.7 Å². The summed E-state index contributed by atoms with van der Waals surface area (Å²) in [7, 11) is 0. The van der Waals surface area contributed by atoms with Crippen LogP contribution >= 0.6 is 0 Å². The molecule has 0 aliphatic rings. The van der Waals surface area contributed by atoms with Crippen molar-refractivity contribution in [2.75, 3.05) is 0 Å². The molecule has 0 aliphatic heterocycles. The number of rotatable bonds is 11. The molecule has 0 spiro atoms. The predicted molar refractivity (Wildman–Crippen MR) is 143 cm³/mol. The van der Waals surface area contributed by atoms with E-state index >= 15 is 0 Å².